The van der Waals surface area contributed by atoms with E-state index in [0.29, 0.717) is 26.1 Å². The van der Waals surface area contributed by atoms with Crippen molar-refractivity contribution in [3.8, 4) is 0 Å². The molecule has 132 valence electrons. The number of ether oxygens (including phenoxy) is 1. The standard InChI is InChI=1S/C19H28N2O3/c1-5-16-14-20(18(23)19(2,3)24-4)12-11-17(22)21(16)13-15-9-7-6-8-10-15/h6-10,16H,5,11-14H2,1-4H3. The summed E-state index contributed by atoms with van der Waals surface area (Å²) < 4.78 is 5.32. The van der Waals surface area contributed by atoms with Crippen LogP contribution in [0.4, 0.5) is 0 Å². The van der Waals surface area contributed by atoms with Crippen molar-refractivity contribution in [2.24, 2.45) is 0 Å². The summed E-state index contributed by atoms with van der Waals surface area (Å²) in [4.78, 5) is 29.0. The van der Waals surface area contributed by atoms with Crippen molar-refractivity contribution in [2.45, 2.75) is 51.8 Å². The van der Waals surface area contributed by atoms with Crippen LogP contribution in [0.3, 0.4) is 0 Å². The van der Waals surface area contributed by atoms with Gasteiger partial charge in [0.2, 0.25) is 5.91 Å². The van der Waals surface area contributed by atoms with Gasteiger partial charge in [-0.3, -0.25) is 9.59 Å². The van der Waals surface area contributed by atoms with E-state index in [1.54, 1.807) is 25.9 Å². The SMILES string of the molecule is CCC1CN(C(=O)C(C)(C)OC)CCC(=O)N1Cc1ccccc1. The number of hydrogen-bond acceptors (Lipinski definition) is 3. The second-order valence-corrected chi connectivity index (χ2v) is 6.78. The summed E-state index contributed by atoms with van der Waals surface area (Å²) in [5.74, 6) is 0.0500. The fraction of sp³-hybridized carbons (Fsp3) is 0.579. The van der Waals surface area contributed by atoms with Crippen LogP contribution >= 0.6 is 0 Å². The largest absolute Gasteiger partial charge is 0.369 e. The minimum Gasteiger partial charge on any atom is -0.369 e. The van der Waals surface area contributed by atoms with Gasteiger partial charge < -0.3 is 14.5 Å². The first-order valence-electron chi connectivity index (χ1n) is 8.57. The van der Waals surface area contributed by atoms with Crippen molar-refractivity contribution in [3.05, 3.63) is 35.9 Å². The number of rotatable bonds is 5. The Morgan fingerprint density at radius 2 is 1.96 bits per heavy atom. The average molecular weight is 332 g/mol. The number of amides is 2. The molecule has 0 radical (unpaired) electrons. The second-order valence-electron chi connectivity index (χ2n) is 6.78. The minimum atomic E-state index is -0.865. The summed E-state index contributed by atoms with van der Waals surface area (Å²) in [7, 11) is 1.54. The first-order valence-corrected chi connectivity index (χ1v) is 8.57. The number of benzene rings is 1. The molecular weight excluding hydrogens is 304 g/mol. The monoisotopic (exact) mass is 332 g/mol. The van der Waals surface area contributed by atoms with Crippen LogP contribution in [0.2, 0.25) is 0 Å². The third-order valence-electron chi connectivity index (χ3n) is 4.77. The zero-order valence-corrected chi connectivity index (χ0v) is 15.1. The molecule has 1 aromatic rings. The molecule has 1 atom stereocenters. The second kappa shape index (κ2) is 7.79. The van der Waals surface area contributed by atoms with Crippen LogP contribution in [0.25, 0.3) is 0 Å². The van der Waals surface area contributed by atoms with Crippen molar-refractivity contribution in [3.63, 3.8) is 0 Å². The lowest BCUT2D eigenvalue weighted by Crippen LogP contribution is -2.50. The highest BCUT2D eigenvalue weighted by atomic mass is 16.5. The van der Waals surface area contributed by atoms with Gasteiger partial charge in [-0.25, -0.2) is 0 Å². The summed E-state index contributed by atoms with van der Waals surface area (Å²) in [5, 5.41) is 0. The molecule has 0 saturated carbocycles. The van der Waals surface area contributed by atoms with E-state index in [4.69, 9.17) is 4.74 Å². The quantitative estimate of drug-likeness (QED) is 0.832. The Hall–Kier alpha value is -1.88. The van der Waals surface area contributed by atoms with E-state index >= 15 is 0 Å². The van der Waals surface area contributed by atoms with Gasteiger partial charge in [-0.2, -0.15) is 0 Å². The predicted octanol–water partition coefficient (Wildman–Crippen LogP) is 2.45. The van der Waals surface area contributed by atoms with Gasteiger partial charge in [0.25, 0.3) is 5.91 Å². The molecule has 5 heteroatoms. The molecule has 0 N–H and O–H groups in total. The third kappa shape index (κ3) is 4.15. The summed E-state index contributed by atoms with van der Waals surface area (Å²) in [6, 6.07) is 10.0. The Labute approximate surface area is 144 Å². The smallest absolute Gasteiger partial charge is 0.254 e. The molecule has 2 amide bonds. The highest BCUT2D eigenvalue weighted by Gasteiger charge is 2.36. The third-order valence-corrected chi connectivity index (χ3v) is 4.77. The van der Waals surface area contributed by atoms with Gasteiger partial charge in [0.1, 0.15) is 5.60 Å². The fourth-order valence-electron chi connectivity index (χ4n) is 3.02. The van der Waals surface area contributed by atoms with E-state index in [9.17, 15) is 9.59 Å². The Morgan fingerprint density at radius 3 is 2.54 bits per heavy atom. The summed E-state index contributed by atoms with van der Waals surface area (Å²) >= 11 is 0. The number of carbonyl (C=O) groups is 2. The molecule has 1 fully saturated rings. The lowest BCUT2D eigenvalue weighted by molar-refractivity contribution is -0.151. The zero-order valence-electron chi connectivity index (χ0n) is 15.1. The molecule has 24 heavy (non-hydrogen) atoms. The lowest BCUT2D eigenvalue weighted by atomic mass is 10.1. The molecule has 5 nitrogen and oxygen atoms in total. The molecule has 1 aliphatic heterocycles. The van der Waals surface area contributed by atoms with Gasteiger partial charge in [0.15, 0.2) is 0 Å². The summed E-state index contributed by atoms with van der Waals surface area (Å²) in [6.07, 6.45) is 1.17. The van der Waals surface area contributed by atoms with Gasteiger partial charge >= 0.3 is 0 Å². The van der Waals surface area contributed by atoms with Gasteiger partial charge in [-0.1, -0.05) is 37.3 Å². The molecule has 1 unspecified atom stereocenters. The molecule has 1 aliphatic rings. The van der Waals surface area contributed by atoms with Crippen LogP contribution in [0, 0.1) is 0 Å². The van der Waals surface area contributed by atoms with Gasteiger partial charge in [-0.15, -0.1) is 0 Å². The number of carbonyl (C=O) groups excluding carboxylic acids is 2. The van der Waals surface area contributed by atoms with Crippen molar-refractivity contribution in [2.75, 3.05) is 20.2 Å². The van der Waals surface area contributed by atoms with Crippen molar-refractivity contribution >= 4 is 11.8 Å². The summed E-state index contributed by atoms with van der Waals surface area (Å²) in [6.45, 7) is 7.20. The van der Waals surface area contributed by atoms with E-state index in [-0.39, 0.29) is 17.9 Å². The molecule has 1 heterocycles. The molecule has 0 aromatic heterocycles. The number of nitrogens with zero attached hydrogens (tertiary/aromatic N) is 2. The van der Waals surface area contributed by atoms with Crippen LogP contribution < -0.4 is 0 Å². The van der Waals surface area contributed by atoms with E-state index in [1.807, 2.05) is 35.2 Å². The Kier molecular flexibility index (Phi) is 5.99. The summed E-state index contributed by atoms with van der Waals surface area (Å²) in [5.41, 5.74) is 0.247. The Balaban J connectivity index is 2.17. The topological polar surface area (TPSA) is 49.9 Å². The van der Waals surface area contributed by atoms with Crippen molar-refractivity contribution in [1.82, 2.24) is 9.80 Å². The molecule has 0 spiro atoms. The number of methoxy groups -OCH3 is 1. The minimum absolute atomic E-state index is 0.0248. The van der Waals surface area contributed by atoms with Crippen molar-refractivity contribution in [1.29, 1.82) is 0 Å². The van der Waals surface area contributed by atoms with Crippen LogP contribution in [-0.4, -0.2) is 53.5 Å². The Bertz CT molecular complexity index is 571. The van der Waals surface area contributed by atoms with Gasteiger partial charge in [0, 0.05) is 39.2 Å². The van der Waals surface area contributed by atoms with E-state index < -0.39 is 5.60 Å². The molecule has 1 aromatic carbocycles. The molecular formula is C19H28N2O3. The first kappa shape index (κ1) is 18.5. The van der Waals surface area contributed by atoms with Crippen LogP contribution in [0.5, 0.6) is 0 Å². The van der Waals surface area contributed by atoms with Gasteiger partial charge in [0.05, 0.1) is 0 Å². The van der Waals surface area contributed by atoms with Crippen LogP contribution in [0.1, 0.15) is 39.2 Å². The molecule has 0 aliphatic carbocycles. The maximum atomic E-state index is 12.7. The van der Waals surface area contributed by atoms with Crippen LogP contribution in [0.15, 0.2) is 30.3 Å². The fourth-order valence-corrected chi connectivity index (χ4v) is 3.02. The van der Waals surface area contributed by atoms with E-state index in [0.717, 1.165) is 12.0 Å². The number of hydrogen-bond donors (Lipinski definition) is 0. The van der Waals surface area contributed by atoms with Crippen LogP contribution in [-0.2, 0) is 20.9 Å². The first-order chi connectivity index (χ1) is 11.4. The Morgan fingerprint density at radius 1 is 1.29 bits per heavy atom. The highest BCUT2D eigenvalue weighted by molar-refractivity contribution is 5.86. The van der Waals surface area contributed by atoms with Gasteiger partial charge in [-0.05, 0) is 25.8 Å². The van der Waals surface area contributed by atoms with E-state index in [1.165, 1.54) is 0 Å². The maximum Gasteiger partial charge on any atom is 0.254 e. The van der Waals surface area contributed by atoms with E-state index in [2.05, 4.69) is 6.92 Å². The molecule has 2 rings (SSSR count). The molecule has 0 bridgehead atoms. The predicted molar refractivity (Wildman–Crippen MR) is 93.4 cm³/mol. The van der Waals surface area contributed by atoms with Crippen molar-refractivity contribution < 1.29 is 14.3 Å². The molecule has 1 saturated heterocycles. The zero-order chi connectivity index (χ0) is 17.7. The lowest BCUT2D eigenvalue weighted by Gasteiger charge is -2.34. The highest BCUT2D eigenvalue weighted by Crippen LogP contribution is 2.21. The normalized spacial score (nSPS) is 19.3. The maximum absolute atomic E-state index is 12.7. The average Bonchev–Trinajstić information content (AvgIpc) is 2.75.